The predicted molar refractivity (Wildman–Crippen MR) is 129 cm³/mol. The molecule has 0 saturated heterocycles. The van der Waals surface area contributed by atoms with E-state index in [1.807, 2.05) is 0 Å². The van der Waals surface area contributed by atoms with E-state index in [4.69, 9.17) is 0 Å². The topological polar surface area (TPSA) is 17.1 Å². The third kappa shape index (κ3) is 15.0. The first-order chi connectivity index (χ1) is 12.8. The van der Waals surface area contributed by atoms with E-state index in [2.05, 4.69) is 62.3 Å². The zero-order valence-electron chi connectivity index (χ0n) is 21.0. The maximum Gasteiger partial charge on any atom is 0.162 e. The molecule has 2 heteroatoms. The fourth-order valence-electron chi connectivity index (χ4n) is 5.35. The zero-order chi connectivity index (χ0) is 21.8. The minimum absolute atomic E-state index is 0.0151. The van der Waals surface area contributed by atoms with E-state index in [0.29, 0.717) is 31.1 Å². The van der Waals surface area contributed by atoms with Crippen LogP contribution in [-0.2, 0) is 4.57 Å². The van der Waals surface area contributed by atoms with E-state index >= 15 is 0 Å². The van der Waals surface area contributed by atoms with E-state index in [0.717, 1.165) is 19.3 Å². The van der Waals surface area contributed by atoms with Crippen LogP contribution in [0, 0.1) is 22.7 Å². The van der Waals surface area contributed by atoms with Crippen LogP contribution in [0.2, 0.25) is 0 Å². The lowest BCUT2D eigenvalue weighted by Gasteiger charge is -2.36. The number of rotatable bonds is 15. The molecule has 0 aliphatic carbocycles. The molecule has 0 aromatic rings. The van der Waals surface area contributed by atoms with E-state index in [-0.39, 0.29) is 5.16 Å². The maximum atomic E-state index is 12.5. The summed E-state index contributed by atoms with van der Waals surface area (Å²) >= 11 is 0. The zero-order valence-corrected chi connectivity index (χ0v) is 21.9. The minimum Gasteiger partial charge on any atom is -0.274 e. The Bertz CT molecular complexity index is 378. The summed E-state index contributed by atoms with van der Waals surface area (Å²) in [6.07, 6.45) is 15.1. The molecule has 0 aromatic carbocycles. The molecular formula is C26H53OP. The summed E-state index contributed by atoms with van der Waals surface area (Å²) in [4.78, 5) is 0. The monoisotopic (exact) mass is 412 g/mol. The van der Waals surface area contributed by atoms with Crippen LogP contribution in [0.1, 0.15) is 139 Å². The van der Waals surface area contributed by atoms with Gasteiger partial charge in [0.15, 0.2) is 8.46 Å². The summed E-state index contributed by atoms with van der Waals surface area (Å²) in [5.41, 5.74) is 0.697. The normalized spacial score (nSPS) is 17.5. The van der Waals surface area contributed by atoms with Crippen molar-refractivity contribution in [3.63, 3.8) is 0 Å². The van der Waals surface area contributed by atoms with Gasteiger partial charge in [-0.25, -0.2) is 0 Å². The molecule has 0 fully saturated rings. The van der Waals surface area contributed by atoms with Gasteiger partial charge in [-0.15, -0.1) is 0 Å². The van der Waals surface area contributed by atoms with Gasteiger partial charge in [0.1, 0.15) is 0 Å². The molecule has 168 valence electrons. The van der Waals surface area contributed by atoms with Gasteiger partial charge in [-0.3, -0.25) is 4.57 Å². The summed E-state index contributed by atoms with van der Waals surface area (Å²) in [7, 11) is 0.394. The molecule has 0 heterocycles. The molecule has 0 bridgehead atoms. The molecular weight excluding hydrogens is 359 g/mol. The van der Waals surface area contributed by atoms with Crippen LogP contribution in [0.15, 0.2) is 0 Å². The Morgan fingerprint density at radius 1 is 0.643 bits per heavy atom. The largest absolute Gasteiger partial charge is 0.274 e. The van der Waals surface area contributed by atoms with Crippen molar-refractivity contribution in [2.24, 2.45) is 22.7 Å². The van der Waals surface area contributed by atoms with Gasteiger partial charge in [0.05, 0.1) is 5.16 Å². The Morgan fingerprint density at radius 2 is 1.04 bits per heavy atom. The molecule has 1 nitrogen and oxygen atoms in total. The molecule has 28 heavy (non-hydrogen) atoms. The van der Waals surface area contributed by atoms with Crippen molar-refractivity contribution in [1.82, 2.24) is 0 Å². The predicted octanol–water partition coefficient (Wildman–Crippen LogP) is 10.1. The van der Waals surface area contributed by atoms with E-state index < -0.39 is 0 Å². The van der Waals surface area contributed by atoms with Crippen LogP contribution in [0.3, 0.4) is 0 Å². The number of hydrogen-bond acceptors (Lipinski definition) is 1. The molecule has 2 atom stereocenters. The minimum atomic E-state index is -0.0151. The van der Waals surface area contributed by atoms with Gasteiger partial charge >= 0.3 is 0 Å². The van der Waals surface area contributed by atoms with Crippen molar-refractivity contribution in [3.05, 3.63) is 0 Å². The smallest absolute Gasteiger partial charge is 0.162 e. The van der Waals surface area contributed by atoms with Crippen molar-refractivity contribution in [3.8, 4) is 0 Å². The molecule has 0 saturated carbocycles. The van der Waals surface area contributed by atoms with Crippen LogP contribution >= 0.6 is 8.46 Å². The van der Waals surface area contributed by atoms with Crippen molar-refractivity contribution >= 4 is 8.46 Å². The number of hydrogen-bond donors (Lipinski definition) is 0. The Morgan fingerprint density at radius 3 is 1.39 bits per heavy atom. The highest BCUT2D eigenvalue weighted by atomic mass is 31.1. The SMILES string of the molecule is CCCCCCCCCC(CC(C)CC(C)(C)C)(CC(C)CC(C)(C)C)P=O. The second kappa shape index (κ2) is 13.4. The van der Waals surface area contributed by atoms with Gasteiger partial charge in [0.25, 0.3) is 0 Å². The Labute approximate surface area is 180 Å². The summed E-state index contributed by atoms with van der Waals surface area (Å²) in [5, 5.41) is -0.0151. The van der Waals surface area contributed by atoms with Crippen LogP contribution < -0.4 is 0 Å². The summed E-state index contributed by atoms with van der Waals surface area (Å²) in [5.74, 6) is 1.26. The molecule has 0 N–H and O–H groups in total. The molecule has 0 aromatic heterocycles. The Hall–Kier alpha value is 0.100. The summed E-state index contributed by atoms with van der Waals surface area (Å²) in [6, 6.07) is 0. The van der Waals surface area contributed by atoms with E-state index in [1.165, 1.54) is 57.8 Å². The lowest BCUT2D eigenvalue weighted by molar-refractivity contribution is 0.230. The lowest BCUT2D eigenvalue weighted by atomic mass is 9.75. The van der Waals surface area contributed by atoms with Gasteiger partial charge in [-0.1, -0.05) is 107 Å². The van der Waals surface area contributed by atoms with Gasteiger partial charge in [0, 0.05) is 0 Å². The van der Waals surface area contributed by atoms with Crippen molar-refractivity contribution < 1.29 is 4.57 Å². The number of unbranched alkanes of at least 4 members (excludes halogenated alkanes) is 6. The molecule has 0 aliphatic rings. The standard InChI is InChI=1S/C26H53OP/c1-10-11-12-13-14-15-16-17-26(28-27,20-22(2)18-24(4,5)6)21-23(3)19-25(7,8)9/h22-23H,10-21H2,1-9H3. The Balaban J connectivity index is 4.92. The summed E-state index contributed by atoms with van der Waals surface area (Å²) < 4.78 is 12.5. The first kappa shape index (κ1) is 28.1. The molecule has 0 rings (SSSR count). The third-order valence-corrected chi connectivity index (χ3v) is 6.79. The van der Waals surface area contributed by atoms with Gasteiger partial charge in [0.2, 0.25) is 0 Å². The maximum absolute atomic E-state index is 12.5. The van der Waals surface area contributed by atoms with Gasteiger partial charge in [-0.05, 0) is 54.8 Å². The first-order valence-electron chi connectivity index (χ1n) is 12.2. The van der Waals surface area contributed by atoms with Crippen LogP contribution in [-0.4, -0.2) is 5.16 Å². The molecule has 0 radical (unpaired) electrons. The van der Waals surface area contributed by atoms with Crippen LogP contribution in [0.4, 0.5) is 0 Å². The van der Waals surface area contributed by atoms with Crippen molar-refractivity contribution in [1.29, 1.82) is 0 Å². The van der Waals surface area contributed by atoms with E-state index in [9.17, 15) is 4.57 Å². The molecule has 0 aliphatic heterocycles. The molecule has 0 spiro atoms. The average molecular weight is 413 g/mol. The highest BCUT2D eigenvalue weighted by Gasteiger charge is 2.35. The molecule has 0 amide bonds. The van der Waals surface area contributed by atoms with Crippen LogP contribution in [0.5, 0.6) is 0 Å². The molecule has 2 unspecified atom stereocenters. The van der Waals surface area contributed by atoms with Gasteiger partial charge < -0.3 is 0 Å². The van der Waals surface area contributed by atoms with Crippen LogP contribution in [0.25, 0.3) is 0 Å². The van der Waals surface area contributed by atoms with Crippen molar-refractivity contribution in [2.45, 2.75) is 145 Å². The second-order valence-corrected chi connectivity index (χ2v) is 13.5. The summed E-state index contributed by atoms with van der Waals surface area (Å²) in [6.45, 7) is 21.0. The highest BCUT2D eigenvalue weighted by molar-refractivity contribution is 7.26. The Kier molecular flexibility index (Phi) is 13.5. The fraction of sp³-hybridized carbons (Fsp3) is 1.00. The quantitative estimate of drug-likeness (QED) is 0.193. The first-order valence-corrected chi connectivity index (χ1v) is 13.0. The van der Waals surface area contributed by atoms with E-state index in [1.54, 1.807) is 0 Å². The lowest BCUT2D eigenvalue weighted by Crippen LogP contribution is -2.30. The average Bonchev–Trinajstić information content (AvgIpc) is 2.50. The highest BCUT2D eigenvalue weighted by Crippen LogP contribution is 2.45. The third-order valence-electron chi connectivity index (χ3n) is 5.82. The fourth-order valence-corrected chi connectivity index (χ4v) is 6.37. The second-order valence-electron chi connectivity index (χ2n) is 12.3. The van der Waals surface area contributed by atoms with Crippen molar-refractivity contribution in [2.75, 3.05) is 0 Å². The van der Waals surface area contributed by atoms with Gasteiger partial charge in [-0.2, -0.15) is 0 Å².